The molecule has 0 saturated carbocycles. The molecule has 1 aliphatic heterocycles. The van der Waals surface area contributed by atoms with Crippen molar-refractivity contribution < 1.29 is 32.9 Å². The summed E-state index contributed by atoms with van der Waals surface area (Å²) in [7, 11) is -1.09. The first-order valence-electron chi connectivity index (χ1n) is 12.8. The Labute approximate surface area is 237 Å². The van der Waals surface area contributed by atoms with Gasteiger partial charge in [0.05, 0.1) is 5.56 Å². The molecule has 1 heterocycles. The lowest BCUT2D eigenvalue weighted by Crippen LogP contribution is -2.04. The molecule has 0 fully saturated rings. The van der Waals surface area contributed by atoms with Crippen LogP contribution in [0.4, 0.5) is 13.2 Å². The van der Waals surface area contributed by atoms with Gasteiger partial charge in [-0.05, 0) is 112 Å². The number of hydrogen-bond acceptors (Lipinski definition) is 4. The van der Waals surface area contributed by atoms with Crippen molar-refractivity contribution in [1.82, 2.24) is 0 Å². The van der Waals surface area contributed by atoms with Crippen molar-refractivity contribution in [3.05, 3.63) is 126 Å². The molecule has 5 aromatic rings. The Morgan fingerprint density at radius 1 is 0.561 bits per heavy atom. The number of benzene rings is 5. The van der Waals surface area contributed by atoms with Gasteiger partial charge in [0.2, 0.25) is 0 Å². The van der Waals surface area contributed by atoms with Crippen LogP contribution in [0, 0.1) is 0 Å². The van der Waals surface area contributed by atoms with Gasteiger partial charge < -0.3 is 19.7 Å². The number of hydrogen-bond donors (Lipinski definition) is 3. The van der Waals surface area contributed by atoms with Gasteiger partial charge in [-0.3, -0.25) is 0 Å². The number of ether oxygens (including phenoxy) is 2. The molecule has 0 bridgehead atoms. The molecule has 6 rings (SSSR count). The van der Waals surface area contributed by atoms with Crippen LogP contribution in [-0.4, -0.2) is 10.2 Å². The maximum Gasteiger partial charge on any atom is 0.416 e. The Morgan fingerprint density at radius 3 is 1.41 bits per heavy atom. The van der Waals surface area contributed by atoms with E-state index in [1.165, 1.54) is 0 Å². The SMILES string of the molecule is Oc1ccc(COc2ccc3c(c2)-c2cc(OCc4ccc(O)cc4)ccc2[SH]3c2ccc(C(F)(F)F)cc2)cc1. The number of phenols is 2. The summed E-state index contributed by atoms with van der Waals surface area (Å²) >= 11 is 0. The lowest BCUT2D eigenvalue weighted by Gasteiger charge is -2.20. The maximum absolute atomic E-state index is 13.2. The van der Waals surface area contributed by atoms with E-state index >= 15 is 0 Å². The lowest BCUT2D eigenvalue weighted by molar-refractivity contribution is -0.137. The summed E-state index contributed by atoms with van der Waals surface area (Å²) in [6, 6.07) is 30.7. The quantitative estimate of drug-likeness (QED) is 0.167. The first kappa shape index (κ1) is 26.7. The monoisotopic (exact) mass is 574 g/mol. The van der Waals surface area contributed by atoms with Gasteiger partial charge in [-0.1, -0.05) is 24.3 Å². The molecule has 0 spiro atoms. The molecule has 0 amide bonds. The smallest absolute Gasteiger partial charge is 0.416 e. The fraction of sp³-hybridized carbons (Fsp3) is 0.0909. The molecule has 0 saturated heterocycles. The Kier molecular flexibility index (Phi) is 7.01. The topological polar surface area (TPSA) is 58.9 Å². The summed E-state index contributed by atoms with van der Waals surface area (Å²) in [5, 5.41) is 19.1. The number of alkyl halides is 3. The van der Waals surface area contributed by atoms with Crippen LogP contribution in [-0.2, 0) is 19.4 Å². The van der Waals surface area contributed by atoms with Crippen molar-refractivity contribution in [1.29, 1.82) is 0 Å². The third-order valence-corrected chi connectivity index (χ3v) is 9.40. The van der Waals surface area contributed by atoms with Crippen LogP contribution >= 0.6 is 10.9 Å². The number of phenolic OH excluding ortho intramolecular Hbond substituents is 2. The number of rotatable bonds is 7. The number of halogens is 3. The maximum atomic E-state index is 13.2. The Bertz CT molecular complexity index is 1580. The molecule has 1 aliphatic rings. The summed E-state index contributed by atoms with van der Waals surface area (Å²) in [4.78, 5) is 2.88. The first-order valence-corrected chi connectivity index (χ1v) is 14.2. The minimum absolute atomic E-state index is 0.183. The molecule has 8 heteroatoms. The molecule has 4 nitrogen and oxygen atoms in total. The van der Waals surface area contributed by atoms with Crippen molar-refractivity contribution in [3.63, 3.8) is 0 Å². The minimum Gasteiger partial charge on any atom is -0.508 e. The van der Waals surface area contributed by atoms with Gasteiger partial charge >= 0.3 is 6.18 Å². The van der Waals surface area contributed by atoms with E-state index in [-0.39, 0.29) is 11.5 Å². The zero-order valence-corrected chi connectivity index (χ0v) is 22.5. The van der Waals surface area contributed by atoms with E-state index in [0.29, 0.717) is 24.7 Å². The highest BCUT2D eigenvalue weighted by atomic mass is 32.2. The van der Waals surface area contributed by atoms with E-state index in [2.05, 4.69) is 0 Å². The van der Waals surface area contributed by atoms with Gasteiger partial charge in [0.25, 0.3) is 0 Å². The molecule has 208 valence electrons. The molecule has 0 radical (unpaired) electrons. The van der Waals surface area contributed by atoms with Crippen LogP contribution in [0.1, 0.15) is 16.7 Å². The van der Waals surface area contributed by atoms with Crippen LogP contribution in [0.25, 0.3) is 11.1 Å². The van der Waals surface area contributed by atoms with Crippen molar-refractivity contribution in [2.75, 3.05) is 0 Å². The summed E-state index contributed by atoms with van der Waals surface area (Å²) in [5.41, 5.74) is 3.03. The van der Waals surface area contributed by atoms with Crippen LogP contribution in [0.15, 0.2) is 124 Å². The van der Waals surface area contributed by atoms with E-state index in [4.69, 9.17) is 9.47 Å². The predicted octanol–water partition coefficient (Wildman–Crippen LogP) is 8.73. The molecule has 0 aromatic heterocycles. The second kappa shape index (κ2) is 10.8. The molecule has 0 aliphatic carbocycles. The number of thiol groups is 1. The second-order valence-electron chi connectivity index (χ2n) is 9.65. The number of aromatic hydroxyl groups is 2. The summed E-state index contributed by atoms with van der Waals surface area (Å²) in [5.74, 6) is 1.68. The average Bonchev–Trinajstić information content (AvgIpc) is 3.29. The van der Waals surface area contributed by atoms with E-state index in [0.717, 1.165) is 49.1 Å². The zero-order valence-electron chi connectivity index (χ0n) is 21.6. The fourth-order valence-electron chi connectivity index (χ4n) is 4.76. The summed E-state index contributed by atoms with van der Waals surface area (Å²) in [6.07, 6.45) is -4.40. The zero-order chi connectivity index (χ0) is 28.6. The third kappa shape index (κ3) is 5.69. The minimum atomic E-state index is -4.40. The van der Waals surface area contributed by atoms with Gasteiger partial charge in [-0.2, -0.15) is 24.1 Å². The van der Waals surface area contributed by atoms with Crippen LogP contribution in [0.2, 0.25) is 0 Å². The summed E-state index contributed by atoms with van der Waals surface area (Å²) in [6.45, 7) is 0.630. The van der Waals surface area contributed by atoms with Gasteiger partial charge in [0, 0.05) is 9.79 Å². The first-order chi connectivity index (χ1) is 19.7. The van der Waals surface area contributed by atoms with Gasteiger partial charge in [0.15, 0.2) is 0 Å². The highest BCUT2D eigenvalue weighted by Gasteiger charge is 2.32. The van der Waals surface area contributed by atoms with Crippen LogP contribution < -0.4 is 9.47 Å². The Hall–Kier alpha value is -4.56. The van der Waals surface area contributed by atoms with E-state index < -0.39 is 22.6 Å². The van der Waals surface area contributed by atoms with Crippen LogP contribution in [0.3, 0.4) is 0 Å². The van der Waals surface area contributed by atoms with Crippen molar-refractivity contribution in [3.8, 4) is 34.1 Å². The highest BCUT2D eigenvalue weighted by molar-refractivity contribution is 8.17. The molecule has 0 atom stereocenters. The van der Waals surface area contributed by atoms with Gasteiger partial charge in [0.1, 0.15) is 36.2 Å². The Balaban J connectivity index is 1.33. The number of fused-ring (bicyclic) bond motifs is 3. The van der Waals surface area contributed by atoms with E-state index in [1.54, 1.807) is 60.7 Å². The Morgan fingerprint density at radius 2 is 1.00 bits per heavy atom. The van der Waals surface area contributed by atoms with E-state index in [9.17, 15) is 23.4 Å². The molecular weight excluding hydrogens is 549 g/mol. The third-order valence-electron chi connectivity index (χ3n) is 6.84. The van der Waals surface area contributed by atoms with Crippen molar-refractivity contribution >= 4 is 10.9 Å². The average molecular weight is 575 g/mol. The highest BCUT2D eigenvalue weighted by Crippen LogP contribution is 2.63. The van der Waals surface area contributed by atoms with Crippen molar-refractivity contribution in [2.45, 2.75) is 34.1 Å². The second-order valence-corrected chi connectivity index (χ2v) is 11.8. The van der Waals surface area contributed by atoms with E-state index in [1.807, 2.05) is 36.4 Å². The normalized spacial score (nSPS) is 13.0. The standard InChI is InChI=1S/C33H25F3O4S/c34-33(35,36)23-5-13-28(14-6-23)41-31-15-11-26(39-19-21-1-7-24(37)8-2-21)17-29(31)30-18-27(12-16-32(30)41)40-20-22-3-9-25(38)10-4-22/h1-18,37-38,41H,19-20H2. The lowest BCUT2D eigenvalue weighted by atomic mass is 10.1. The molecular formula is C33H25F3O4S. The fourth-order valence-corrected chi connectivity index (χ4v) is 7.32. The molecule has 0 unspecified atom stereocenters. The molecule has 2 N–H and O–H groups in total. The predicted molar refractivity (Wildman–Crippen MR) is 152 cm³/mol. The van der Waals surface area contributed by atoms with Crippen LogP contribution in [0.5, 0.6) is 23.0 Å². The van der Waals surface area contributed by atoms with Gasteiger partial charge in [-0.25, -0.2) is 0 Å². The molecule has 5 aromatic carbocycles. The van der Waals surface area contributed by atoms with Crippen molar-refractivity contribution in [2.24, 2.45) is 0 Å². The van der Waals surface area contributed by atoms with Gasteiger partial charge in [-0.15, -0.1) is 0 Å². The summed E-state index contributed by atoms with van der Waals surface area (Å²) < 4.78 is 51.9. The largest absolute Gasteiger partial charge is 0.508 e. The molecule has 41 heavy (non-hydrogen) atoms.